The fourth-order valence-electron chi connectivity index (χ4n) is 2.08. The van der Waals surface area contributed by atoms with Gasteiger partial charge in [-0.25, -0.2) is 0 Å². The van der Waals surface area contributed by atoms with Gasteiger partial charge in [-0.05, 0) is 30.8 Å². The molecule has 0 aliphatic heterocycles. The first kappa shape index (κ1) is 14.8. The van der Waals surface area contributed by atoms with E-state index in [0.29, 0.717) is 10.6 Å². The maximum atomic E-state index is 12.5. The molecule has 1 unspecified atom stereocenters. The zero-order chi connectivity index (χ0) is 14.5. The number of para-hydroxylation sites is 1. The number of hydrogen-bond acceptors (Lipinski definition) is 2. The van der Waals surface area contributed by atoms with Crippen molar-refractivity contribution in [3.63, 3.8) is 0 Å². The van der Waals surface area contributed by atoms with Crippen LogP contribution in [0.5, 0.6) is 5.75 Å². The number of hydrogen-bond donors (Lipinski definition) is 1. The second-order valence-electron chi connectivity index (χ2n) is 4.19. The standard InChI is InChI=1S/C15H14ClF2NO/c1-19-14(10-6-8-11(16)9-7-10)12-4-2-3-5-13(12)20-15(17)18/h2-9,14-15,19H,1H3. The van der Waals surface area contributed by atoms with Crippen LogP contribution in [0.4, 0.5) is 8.78 Å². The molecule has 0 aliphatic carbocycles. The third kappa shape index (κ3) is 3.46. The average Bonchev–Trinajstić information content (AvgIpc) is 2.43. The minimum Gasteiger partial charge on any atom is -0.434 e. The van der Waals surface area contributed by atoms with E-state index >= 15 is 0 Å². The monoisotopic (exact) mass is 297 g/mol. The van der Waals surface area contributed by atoms with Crippen molar-refractivity contribution in [2.75, 3.05) is 7.05 Å². The molecule has 0 saturated heterocycles. The molecule has 0 aromatic heterocycles. The molecule has 1 N–H and O–H groups in total. The summed E-state index contributed by atoms with van der Waals surface area (Å²) in [5.41, 5.74) is 1.57. The molecule has 2 rings (SSSR count). The van der Waals surface area contributed by atoms with E-state index in [9.17, 15) is 8.78 Å². The van der Waals surface area contributed by atoms with E-state index in [1.165, 1.54) is 6.07 Å². The molecule has 0 fully saturated rings. The van der Waals surface area contributed by atoms with Gasteiger partial charge in [-0.3, -0.25) is 0 Å². The number of alkyl halides is 2. The van der Waals surface area contributed by atoms with Gasteiger partial charge in [0.1, 0.15) is 5.75 Å². The third-order valence-corrected chi connectivity index (χ3v) is 3.19. The molecule has 0 amide bonds. The SMILES string of the molecule is CNC(c1ccc(Cl)cc1)c1ccccc1OC(F)F. The van der Waals surface area contributed by atoms with Gasteiger partial charge in [-0.15, -0.1) is 0 Å². The van der Waals surface area contributed by atoms with Gasteiger partial charge in [0, 0.05) is 10.6 Å². The average molecular weight is 298 g/mol. The highest BCUT2D eigenvalue weighted by Crippen LogP contribution is 2.31. The zero-order valence-electron chi connectivity index (χ0n) is 10.8. The van der Waals surface area contributed by atoms with Crippen LogP contribution in [0.3, 0.4) is 0 Å². The van der Waals surface area contributed by atoms with Gasteiger partial charge >= 0.3 is 6.61 Å². The summed E-state index contributed by atoms with van der Waals surface area (Å²) in [6.07, 6.45) is 0. The first-order valence-corrected chi connectivity index (χ1v) is 6.46. The van der Waals surface area contributed by atoms with Crippen molar-refractivity contribution >= 4 is 11.6 Å². The summed E-state index contributed by atoms with van der Waals surface area (Å²) in [7, 11) is 1.76. The summed E-state index contributed by atoms with van der Waals surface area (Å²) in [4.78, 5) is 0. The second kappa shape index (κ2) is 6.68. The smallest absolute Gasteiger partial charge is 0.387 e. The van der Waals surface area contributed by atoms with E-state index < -0.39 is 6.61 Å². The van der Waals surface area contributed by atoms with Crippen LogP contribution in [0.15, 0.2) is 48.5 Å². The van der Waals surface area contributed by atoms with Gasteiger partial charge in [0.25, 0.3) is 0 Å². The van der Waals surface area contributed by atoms with Crippen molar-refractivity contribution < 1.29 is 13.5 Å². The molecule has 20 heavy (non-hydrogen) atoms. The molecule has 2 nitrogen and oxygen atoms in total. The Morgan fingerprint density at radius 2 is 1.70 bits per heavy atom. The predicted octanol–water partition coefficient (Wildman–Crippen LogP) is 4.25. The lowest BCUT2D eigenvalue weighted by Crippen LogP contribution is -2.19. The van der Waals surface area contributed by atoms with Gasteiger partial charge in [-0.1, -0.05) is 41.9 Å². The molecule has 2 aromatic carbocycles. The van der Waals surface area contributed by atoms with Crippen molar-refractivity contribution in [2.24, 2.45) is 0 Å². The van der Waals surface area contributed by atoms with Crippen molar-refractivity contribution in [3.05, 3.63) is 64.7 Å². The summed E-state index contributed by atoms with van der Waals surface area (Å²) in [5.74, 6) is 0.164. The van der Waals surface area contributed by atoms with Crippen LogP contribution in [0.25, 0.3) is 0 Å². The number of rotatable bonds is 5. The van der Waals surface area contributed by atoms with Crippen LogP contribution in [-0.4, -0.2) is 13.7 Å². The second-order valence-corrected chi connectivity index (χ2v) is 4.63. The molecule has 0 heterocycles. The van der Waals surface area contributed by atoms with E-state index in [-0.39, 0.29) is 11.8 Å². The van der Waals surface area contributed by atoms with E-state index in [4.69, 9.17) is 11.6 Å². The highest BCUT2D eigenvalue weighted by Gasteiger charge is 2.18. The molecular formula is C15H14ClF2NO. The number of nitrogens with one attached hydrogen (secondary N) is 1. The maximum Gasteiger partial charge on any atom is 0.387 e. The summed E-state index contributed by atoms with van der Waals surface area (Å²) in [5, 5.41) is 3.73. The quantitative estimate of drug-likeness (QED) is 0.891. The van der Waals surface area contributed by atoms with Crippen LogP contribution >= 0.6 is 11.6 Å². The Morgan fingerprint density at radius 1 is 1.05 bits per heavy atom. The fraction of sp³-hybridized carbons (Fsp3) is 0.200. The molecule has 0 aliphatic rings. The maximum absolute atomic E-state index is 12.5. The van der Waals surface area contributed by atoms with Crippen molar-refractivity contribution in [2.45, 2.75) is 12.7 Å². The number of halogens is 3. The summed E-state index contributed by atoms with van der Waals surface area (Å²) >= 11 is 5.86. The van der Waals surface area contributed by atoms with Crippen LogP contribution in [-0.2, 0) is 0 Å². The van der Waals surface area contributed by atoms with Crippen molar-refractivity contribution in [3.8, 4) is 5.75 Å². The molecule has 0 radical (unpaired) electrons. The highest BCUT2D eigenvalue weighted by atomic mass is 35.5. The van der Waals surface area contributed by atoms with Gasteiger partial charge in [0.15, 0.2) is 0 Å². The minimum atomic E-state index is -2.85. The Balaban J connectivity index is 2.38. The van der Waals surface area contributed by atoms with E-state index in [1.54, 1.807) is 37.4 Å². The van der Waals surface area contributed by atoms with Gasteiger partial charge < -0.3 is 10.1 Å². The first-order valence-electron chi connectivity index (χ1n) is 6.08. The highest BCUT2D eigenvalue weighted by molar-refractivity contribution is 6.30. The fourth-order valence-corrected chi connectivity index (χ4v) is 2.21. The lowest BCUT2D eigenvalue weighted by molar-refractivity contribution is -0.0506. The normalized spacial score (nSPS) is 12.4. The molecule has 106 valence electrons. The Kier molecular flexibility index (Phi) is 4.93. The lowest BCUT2D eigenvalue weighted by atomic mass is 9.98. The largest absolute Gasteiger partial charge is 0.434 e. The van der Waals surface area contributed by atoms with E-state index in [2.05, 4.69) is 10.1 Å². The minimum absolute atomic E-state index is 0.164. The first-order chi connectivity index (χ1) is 9.61. The Labute approximate surface area is 121 Å². The predicted molar refractivity (Wildman–Crippen MR) is 75.4 cm³/mol. The number of ether oxygens (including phenoxy) is 1. The molecule has 0 spiro atoms. The Morgan fingerprint density at radius 3 is 2.30 bits per heavy atom. The Bertz CT molecular complexity index is 560. The number of benzene rings is 2. The summed E-state index contributed by atoms with van der Waals surface area (Å²) in [6, 6.07) is 13.7. The van der Waals surface area contributed by atoms with Gasteiger partial charge in [0.05, 0.1) is 6.04 Å². The molecular weight excluding hydrogens is 284 g/mol. The lowest BCUT2D eigenvalue weighted by Gasteiger charge is -2.20. The van der Waals surface area contributed by atoms with E-state index in [1.807, 2.05) is 12.1 Å². The zero-order valence-corrected chi connectivity index (χ0v) is 11.6. The summed E-state index contributed by atoms with van der Waals surface area (Å²) in [6.45, 7) is -2.85. The molecule has 2 aromatic rings. The van der Waals surface area contributed by atoms with Gasteiger partial charge in [-0.2, -0.15) is 8.78 Å². The van der Waals surface area contributed by atoms with Crippen molar-refractivity contribution in [1.82, 2.24) is 5.32 Å². The molecule has 0 bridgehead atoms. The van der Waals surface area contributed by atoms with Crippen molar-refractivity contribution in [1.29, 1.82) is 0 Å². The van der Waals surface area contributed by atoms with Crippen LogP contribution in [0.2, 0.25) is 5.02 Å². The summed E-state index contributed by atoms with van der Waals surface area (Å²) < 4.78 is 29.5. The third-order valence-electron chi connectivity index (χ3n) is 2.94. The molecule has 5 heteroatoms. The van der Waals surface area contributed by atoms with Crippen LogP contribution in [0, 0.1) is 0 Å². The van der Waals surface area contributed by atoms with Crippen LogP contribution in [0.1, 0.15) is 17.2 Å². The topological polar surface area (TPSA) is 21.3 Å². The molecule has 0 saturated carbocycles. The van der Waals surface area contributed by atoms with E-state index in [0.717, 1.165) is 5.56 Å². The molecule has 1 atom stereocenters. The van der Waals surface area contributed by atoms with Gasteiger partial charge in [0.2, 0.25) is 0 Å². The Hall–Kier alpha value is -1.65. The van der Waals surface area contributed by atoms with Crippen LogP contribution < -0.4 is 10.1 Å².